The highest BCUT2D eigenvalue weighted by molar-refractivity contribution is 5.79. The molecule has 3 rings (SSSR count). The molecule has 0 radical (unpaired) electrons. The average molecular weight is 317 g/mol. The molecule has 1 N–H and O–H groups in total. The Balaban J connectivity index is 1.66. The lowest BCUT2D eigenvalue weighted by Gasteiger charge is -2.21. The van der Waals surface area contributed by atoms with E-state index in [-0.39, 0.29) is 12.5 Å². The van der Waals surface area contributed by atoms with Crippen molar-refractivity contribution in [1.29, 1.82) is 0 Å². The van der Waals surface area contributed by atoms with Crippen LogP contribution in [0.5, 0.6) is 0 Å². The Kier molecular flexibility index (Phi) is 4.63. The molecule has 2 heterocycles. The van der Waals surface area contributed by atoms with Gasteiger partial charge in [-0.15, -0.1) is 5.10 Å². The first-order valence-electron chi connectivity index (χ1n) is 7.51. The Labute approximate surface area is 133 Å². The highest BCUT2D eigenvalue weighted by Crippen LogP contribution is 2.11. The number of hydrogen-bond donors (Lipinski definition) is 1. The minimum atomic E-state index is -0.619. The number of carbonyl (C=O) groups is 1. The summed E-state index contributed by atoms with van der Waals surface area (Å²) in [5.41, 5.74) is 1.76. The van der Waals surface area contributed by atoms with Crippen molar-refractivity contribution < 1.29 is 14.6 Å². The molecule has 8 heteroatoms. The third-order valence-electron chi connectivity index (χ3n) is 3.76. The first-order chi connectivity index (χ1) is 11.1. The molecule has 1 fully saturated rings. The monoisotopic (exact) mass is 317 g/mol. The Morgan fingerprint density at radius 3 is 2.87 bits per heavy atom. The van der Waals surface area contributed by atoms with Gasteiger partial charge in [-0.3, -0.25) is 4.79 Å². The number of carbonyl (C=O) groups excluding carboxylic acids is 1. The van der Waals surface area contributed by atoms with Crippen LogP contribution in [0.3, 0.4) is 0 Å². The van der Waals surface area contributed by atoms with Crippen LogP contribution in [-0.2, 0) is 16.0 Å². The molecule has 122 valence electrons. The summed E-state index contributed by atoms with van der Waals surface area (Å²) in [6.45, 7) is 3.40. The van der Waals surface area contributed by atoms with Crippen LogP contribution < -0.4 is 0 Å². The lowest BCUT2D eigenvalue weighted by Crippen LogP contribution is -2.38. The molecular formula is C15H19N5O3. The van der Waals surface area contributed by atoms with Crippen molar-refractivity contribution in [3.05, 3.63) is 35.7 Å². The summed E-state index contributed by atoms with van der Waals surface area (Å²) in [7, 11) is 0. The van der Waals surface area contributed by atoms with E-state index in [1.165, 1.54) is 0 Å². The van der Waals surface area contributed by atoms with E-state index in [9.17, 15) is 9.90 Å². The average Bonchev–Trinajstić information content (AvgIpc) is 2.84. The maximum absolute atomic E-state index is 12.4. The number of aliphatic hydroxyl groups is 1. The molecule has 0 spiro atoms. The number of rotatable bonds is 3. The predicted molar refractivity (Wildman–Crippen MR) is 81.0 cm³/mol. The number of aromatic nitrogens is 4. The summed E-state index contributed by atoms with van der Waals surface area (Å²) in [6.07, 6.45) is -0.326. The molecular weight excluding hydrogens is 298 g/mol. The Morgan fingerprint density at radius 2 is 2.17 bits per heavy atom. The molecule has 1 aliphatic heterocycles. The molecule has 1 amide bonds. The van der Waals surface area contributed by atoms with Crippen LogP contribution in [0.25, 0.3) is 5.69 Å². The van der Waals surface area contributed by atoms with E-state index < -0.39 is 6.10 Å². The second-order valence-corrected chi connectivity index (χ2v) is 5.55. The zero-order chi connectivity index (χ0) is 16.2. The fourth-order valence-electron chi connectivity index (χ4n) is 2.53. The van der Waals surface area contributed by atoms with Crippen LogP contribution in [0.1, 0.15) is 11.4 Å². The summed E-state index contributed by atoms with van der Waals surface area (Å²) >= 11 is 0. The standard InChI is InChI=1S/C15H19N5O3/c1-11-16-17-18-20(11)13-4-2-12(3-5-13)8-15(22)19-6-7-23-10-14(21)9-19/h2-5,14,21H,6-10H2,1H3/t14-/m1/s1. The highest BCUT2D eigenvalue weighted by atomic mass is 16.5. The van der Waals surface area contributed by atoms with Gasteiger partial charge >= 0.3 is 0 Å². The number of amides is 1. The Hall–Kier alpha value is -2.32. The SMILES string of the molecule is Cc1nnnn1-c1ccc(CC(=O)N2CCOC[C@H](O)C2)cc1. The Morgan fingerprint density at radius 1 is 1.39 bits per heavy atom. The van der Waals surface area contributed by atoms with Gasteiger partial charge in [0, 0.05) is 13.1 Å². The van der Waals surface area contributed by atoms with Gasteiger partial charge in [-0.1, -0.05) is 12.1 Å². The van der Waals surface area contributed by atoms with E-state index in [1.807, 2.05) is 31.2 Å². The summed E-state index contributed by atoms with van der Waals surface area (Å²) < 4.78 is 6.87. The number of nitrogens with zero attached hydrogens (tertiary/aromatic N) is 5. The lowest BCUT2D eigenvalue weighted by atomic mass is 10.1. The quantitative estimate of drug-likeness (QED) is 0.838. The first-order valence-corrected chi connectivity index (χ1v) is 7.51. The van der Waals surface area contributed by atoms with E-state index >= 15 is 0 Å². The van der Waals surface area contributed by atoms with Gasteiger partial charge in [-0.05, 0) is 35.0 Å². The number of aryl methyl sites for hydroxylation is 1. The minimum absolute atomic E-state index is 0.0131. The number of benzene rings is 1. The van der Waals surface area contributed by atoms with E-state index in [0.29, 0.717) is 31.9 Å². The molecule has 1 aliphatic rings. The maximum atomic E-state index is 12.4. The normalized spacial score (nSPS) is 18.7. The largest absolute Gasteiger partial charge is 0.389 e. The molecule has 0 unspecified atom stereocenters. The molecule has 0 saturated carbocycles. The van der Waals surface area contributed by atoms with Crippen molar-refractivity contribution in [3.63, 3.8) is 0 Å². The van der Waals surface area contributed by atoms with E-state index in [4.69, 9.17) is 4.74 Å². The number of β-amino-alcohol motifs (C(OH)–C–C–N with tert-alkyl or cyclic N) is 1. The summed E-state index contributed by atoms with van der Waals surface area (Å²) in [5, 5.41) is 21.1. The van der Waals surface area contributed by atoms with E-state index in [2.05, 4.69) is 15.5 Å². The number of hydrogen-bond acceptors (Lipinski definition) is 6. The fourth-order valence-corrected chi connectivity index (χ4v) is 2.53. The fraction of sp³-hybridized carbons (Fsp3) is 0.467. The molecule has 1 saturated heterocycles. The van der Waals surface area contributed by atoms with Crippen molar-refractivity contribution in [2.75, 3.05) is 26.3 Å². The summed E-state index contributed by atoms with van der Waals surface area (Å²) in [5.74, 6) is 0.688. The van der Waals surface area contributed by atoms with Crippen LogP contribution >= 0.6 is 0 Å². The van der Waals surface area contributed by atoms with Gasteiger partial charge in [0.05, 0.1) is 31.4 Å². The van der Waals surface area contributed by atoms with Gasteiger partial charge in [-0.25, -0.2) is 0 Å². The molecule has 1 aromatic heterocycles. The Bertz CT molecular complexity index is 670. The van der Waals surface area contributed by atoms with Crippen molar-refractivity contribution in [2.24, 2.45) is 0 Å². The molecule has 2 aromatic rings. The highest BCUT2D eigenvalue weighted by Gasteiger charge is 2.20. The molecule has 23 heavy (non-hydrogen) atoms. The van der Waals surface area contributed by atoms with Gasteiger partial charge in [0.2, 0.25) is 5.91 Å². The first kappa shape index (κ1) is 15.6. The zero-order valence-electron chi connectivity index (χ0n) is 12.9. The smallest absolute Gasteiger partial charge is 0.227 e. The van der Waals surface area contributed by atoms with Gasteiger partial charge in [0.15, 0.2) is 5.82 Å². The number of tetrazole rings is 1. The van der Waals surface area contributed by atoms with Crippen LogP contribution in [0.4, 0.5) is 0 Å². The summed E-state index contributed by atoms with van der Waals surface area (Å²) in [6, 6.07) is 7.54. The van der Waals surface area contributed by atoms with Crippen molar-refractivity contribution >= 4 is 5.91 Å². The molecule has 8 nitrogen and oxygen atoms in total. The summed E-state index contributed by atoms with van der Waals surface area (Å²) in [4.78, 5) is 14.0. The van der Waals surface area contributed by atoms with Gasteiger partial charge < -0.3 is 14.7 Å². The number of aliphatic hydroxyl groups excluding tert-OH is 1. The van der Waals surface area contributed by atoms with Gasteiger partial charge in [0.25, 0.3) is 0 Å². The maximum Gasteiger partial charge on any atom is 0.227 e. The second-order valence-electron chi connectivity index (χ2n) is 5.55. The zero-order valence-corrected chi connectivity index (χ0v) is 12.9. The number of ether oxygens (including phenoxy) is 1. The second kappa shape index (κ2) is 6.84. The van der Waals surface area contributed by atoms with Crippen LogP contribution in [-0.4, -0.2) is 68.5 Å². The predicted octanol–water partition coefficient (Wildman–Crippen LogP) is -0.267. The molecule has 1 aromatic carbocycles. The third-order valence-corrected chi connectivity index (χ3v) is 3.76. The van der Waals surface area contributed by atoms with Gasteiger partial charge in [-0.2, -0.15) is 4.68 Å². The third kappa shape index (κ3) is 3.72. The molecule has 1 atom stereocenters. The van der Waals surface area contributed by atoms with Crippen molar-refractivity contribution in [3.8, 4) is 5.69 Å². The van der Waals surface area contributed by atoms with E-state index in [0.717, 1.165) is 11.3 Å². The van der Waals surface area contributed by atoms with Crippen LogP contribution in [0.15, 0.2) is 24.3 Å². The topological polar surface area (TPSA) is 93.4 Å². The van der Waals surface area contributed by atoms with E-state index in [1.54, 1.807) is 9.58 Å². The van der Waals surface area contributed by atoms with Crippen molar-refractivity contribution in [1.82, 2.24) is 25.1 Å². The van der Waals surface area contributed by atoms with Gasteiger partial charge in [0.1, 0.15) is 0 Å². The lowest BCUT2D eigenvalue weighted by molar-refractivity contribution is -0.131. The minimum Gasteiger partial charge on any atom is -0.389 e. The van der Waals surface area contributed by atoms with Crippen LogP contribution in [0.2, 0.25) is 0 Å². The molecule has 0 bridgehead atoms. The molecule has 0 aliphatic carbocycles. The van der Waals surface area contributed by atoms with Crippen molar-refractivity contribution in [2.45, 2.75) is 19.4 Å². The van der Waals surface area contributed by atoms with Crippen LogP contribution in [0, 0.1) is 6.92 Å².